The van der Waals surface area contributed by atoms with E-state index < -0.39 is 20.9 Å². The molecule has 0 aliphatic heterocycles. The first-order valence-electron chi connectivity index (χ1n) is 6.84. The van der Waals surface area contributed by atoms with E-state index in [1.165, 1.54) is 19.1 Å². The van der Waals surface area contributed by atoms with Gasteiger partial charge >= 0.3 is 0 Å². The van der Waals surface area contributed by atoms with Crippen molar-refractivity contribution in [3.8, 4) is 0 Å². The van der Waals surface area contributed by atoms with E-state index in [9.17, 15) is 23.3 Å². The molecule has 0 bridgehead atoms. The van der Waals surface area contributed by atoms with Crippen molar-refractivity contribution in [2.45, 2.75) is 18.7 Å². The third kappa shape index (κ3) is 3.94. The summed E-state index contributed by atoms with van der Waals surface area (Å²) in [5.41, 5.74) is 3.33. The maximum absolute atomic E-state index is 12.2. The molecule has 0 heterocycles. The van der Waals surface area contributed by atoms with Crippen molar-refractivity contribution in [3.63, 3.8) is 0 Å². The standard InChI is InChI=1S/C15H15N3O5S/c1-10-3-6-12(7-4-10)15(19)16-17-24(22,23)13-8-5-11(2)14(9-13)18(20)21/h3-9,17H,1-2H3,(H,16,19). The molecule has 126 valence electrons. The van der Waals surface area contributed by atoms with E-state index in [1.807, 2.05) is 11.8 Å². The largest absolute Gasteiger partial charge is 0.273 e. The van der Waals surface area contributed by atoms with Crippen LogP contribution in [0.15, 0.2) is 47.4 Å². The van der Waals surface area contributed by atoms with Crippen molar-refractivity contribution in [1.82, 2.24) is 10.3 Å². The number of sulfonamides is 1. The van der Waals surface area contributed by atoms with E-state index in [1.54, 1.807) is 24.3 Å². The van der Waals surface area contributed by atoms with E-state index >= 15 is 0 Å². The van der Waals surface area contributed by atoms with Crippen LogP contribution in [0.1, 0.15) is 21.5 Å². The quantitative estimate of drug-likeness (QED) is 0.630. The Morgan fingerprint density at radius 3 is 2.29 bits per heavy atom. The van der Waals surface area contributed by atoms with Crippen LogP contribution in [-0.2, 0) is 10.0 Å². The van der Waals surface area contributed by atoms with Gasteiger partial charge in [0.1, 0.15) is 0 Å². The second-order valence-corrected chi connectivity index (χ2v) is 6.81. The highest BCUT2D eigenvalue weighted by atomic mass is 32.2. The van der Waals surface area contributed by atoms with E-state index in [0.717, 1.165) is 11.6 Å². The van der Waals surface area contributed by atoms with Gasteiger partial charge < -0.3 is 0 Å². The fourth-order valence-corrected chi connectivity index (χ4v) is 2.76. The van der Waals surface area contributed by atoms with Crippen molar-refractivity contribution in [1.29, 1.82) is 0 Å². The summed E-state index contributed by atoms with van der Waals surface area (Å²) in [6.45, 7) is 3.36. The monoisotopic (exact) mass is 349 g/mol. The van der Waals surface area contributed by atoms with Gasteiger partial charge in [-0.15, -0.1) is 4.83 Å². The first-order chi connectivity index (χ1) is 11.2. The smallest absolute Gasteiger partial charge is 0.273 e. The van der Waals surface area contributed by atoms with Crippen LogP contribution in [0.3, 0.4) is 0 Å². The lowest BCUT2D eigenvalue weighted by molar-refractivity contribution is -0.385. The maximum Gasteiger partial charge on any atom is 0.273 e. The molecule has 0 aliphatic carbocycles. The van der Waals surface area contributed by atoms with E-state index in [2.05, 4.69) is 5.43 Å². The molecular weight excluding hydrogens is 334 g/mol. The summed E-state index contributed by atoms with van der Waals surface area (Å²) in [4.78, 5) is 23.8. The van der Waals surface area contributed by atoms with Crippen molar-refractivity contribution in [2.75, 3.05) is 0 Å². The zero-order valence-electron chi connectivity index (χ0n) is 12.9. The van der Waals surface area contributed by atoms with Crippen LogP contribution in [0.4, 0.5) is 5.69 Å². The lowest BCUT2D eigenvalue weighted by atomic mass is 10.1. The Morgan fingerprint density at radius 1 is 1.08 bits per heavy atom. The summed E-state index contributed by atoms with van der Waals surface area (Å²) in [7, 11) is -4.13. The van der Waals surface area contributed by atoms with Gasteiger partial charge in [0.15, 0.2) is 0 Å². The molecule has 24 heavy (non-hydrogen) atoms. The lowest BCUT2D eigenvalue weighted by Gasteiger charge is -2.09. The number of aryl methyl sites for hydroxylation is 2. The fraction of sp³-hybridized carbons (Fsp3) is 0.133. The SMILES string of the molecule is Cc1ccc(C(=O)NNS(=O)(=O)c2ccc(C)c([N+](=O)[O-])c2)cc1. The number of nitro groups is 1. The predicted molar refractivity (Wildman–Crippen MR) is 86.8 cm³/mol. The van der Waals surface area contributed by atoms with E-state index in [-0.39, 0.29) is 16.1 Å². The summed E-state index contributed by atoms with van der Waals surface area (Å²) in [6, 6.07) is 10.0. The molecule has 2 aromatic rings. The first-order valence-corrected chi connectivity index (χ1v) is 8.33. The van der Waals surface area contributed by atoms with Crippen LogP contribution >= 0.6 is 0 Å². The highest BCUT2D eigenvalue weighted by Gasteiger charge is 2.20. The number of benzene rings is 2. The second kappa shape index (κ2) is 6.77. The van der Waals surface area contributed by atoms with E-state index in [0.29, 0.717) is 5.56 Å². The van der Waals surface area contributed by atoms with Gasteiger partial charge in [-0.2, -0.15) is 0 Å². The van der Waals surface area contributed by atoms with Crippen LogP contribution in [-0.4, -0.2) is 19.2 Å². The molecule has 0 saturated carbocycles. The molecule has 0 aromatic heterocycles. The van der Waals surface area contributed by atoms with Gasteiger partial charge in [-0.05, 0) is 32.0 Å². The highest BCUT2D eigenvalue weighted by Crippen LogP contribution is 2.21. The van der Waals surface area contributed by atoms with Crippen LogP contribution in [0.25, 0.3) is 0 Å². The lowest BCUT2D eigenvalue weighted by Crippen LogP contribution is -2.41. The van der Waals surface area contributed by atoms with Crippen LogP contribution in [0.5, 0.6) is 0 Å². The van der Waals surface area contributed by atoms with Gasteiger partial charge in [-0.1, -0.05) is 23.8 Å². The molecule has 0 fully saturated rings. The molecule has 0 aliphatic rings. The number of rotatable bonds is 5. The van der Waals surface area contributed by atoms with E-state index in [4.69, 9.17) is 0 Å². The van der Waals surface area contributed by atoms with Gasteiger partial charge in [0.2, 0.25) is 0 Å². The molecule has 2 rings (SSSR count). The second-order valence-electron chi connectivity index (χ2n) is 5.13. The van der Waals surface area contributed by atoms with Crippen molar-refractivity contribution in [2.24, 2.45) is 0 Å². The Hall–Kier alpha value is -2.78. The minimum Gasteiger partial charge on any atom is -0.273 e. The van der Waals surface area contributed by atoms with Gasteiger partial charge in [0.25, 0.3) is 21.6 Å². The number of carbonyl (C=O) groups is 1. The average molecular weight is 349 g/mol. The molecule has 0 spiro atoms. The average Bonchev–Trinajstić information content (AvgIpc) is 2.53. The zero-order chi connectivity index (χ0) is 17.9. The normalized spacial score (nSPS) is 11.1. The topological polar surface area (TPSA) is 118 Å². The number of nitrogens with one attached hydrogen (secondary N) is 2. The molecule has 0 radical (unpaired) electrons. The first kappa shape index (κ1) is 17.6. The molecular formula is C15H15N3O5S. The molecule has 2 N–H and O–H groups in total. The van der Waals surface area contributed by atoms with Gasteiger partial charge in [0.05, 0.1) is 9.82 Å². The Kier molecular flexibility index (Phi) is 4.96. The summed E-state index contributed by atoms with van der Waals surface area (Å²) < 4.78 is 24.3. The molecule has 1 amide bonds. The summed E-state index contributed by atoms with van der Waals surface area (Å²) in [6.07, 6.45) is 0. The summed E-state index contributed by atoms with van der Waals surface area (Å²) in [5, 5.41) is 10.9. The number of nitrogens with zero attached hydrogens (tertiary/aromatic N) is 1. The number of hydrogen-bond donors (Lipinski definition) is 2. The van der Waals surface area contributed by atoms with Crippen molar-refractivity contribution >= 4 is 21.6 Å². The van der Waals surface area contributed by atoms with Crippen LogP contribution in [0, 0.1) is 24.0 Å². The van der Waals surface area contributed by atoms with Gasteiger partial charge in [-0.25, -0.2) is 8.42 Å². The predicted octanol–water partition coefficient (Wildman–Crippen LogP) is 1.83. The zero-order valence-corrected chi connectivity index (χ0v) is 13.8. The van der Waals surface area contributed by atoms with Crippen LogP contribution in [0.2, 0.25) is 0 Å². The van der Waals surface area contributed by atoms with Crippen LogP contribution < -0.4 is 10.3 Å². The molecule has 8 nitrogen and oxygen atoms in total. The third-order valence-corrected chi connectivity index (χ3v) is 4.55. The third-order valence-electron chi connectivity index (χ3n) is 3.30. The highest BCUT2D eigenvalue weighted by molar-refractivity contribution is 7.89. The maximum atomic E-state index is 12.2. The summed E-state index contributed by atoms with van der Waals surface area (Å²) in [5.74, 6) is -0.639. The molecule has 2 aromatic carbocycles. The fourth-order valence-electron chi connectivity index (χ4n) is 1.90. The molecule has 0 unspecified atom stereocenters. The Balaban J connectivity index is 2.17. The van der Waals surface area contributed by atoms with Gasteiger partial charge in [0, 0.05) is 17.2 Å². The number of hydrazine groups is 1. The molecule has 0 saturated heterocycles. The number of carbonyl (C=O) groups excluding carboxylic acids is 1. The Bertz CT molecular complexity index is 892. The molecule has 0 atom stereocenters. The molecule has 9 heteroatoms. The summed E-state index contributed by atoms with van der Waals surface area (Å²) >= 11 is 0. The number of amides is 1. The minimum atomic E-state index is -4.13. The van der Waals surface area contributed by atoms with Gasteiger partial charge in [-0.3, -0.25) is 20.3 Å². The number of hydrogen-bond acceptors (Lipinski definition) is 5. The minimum absolute atomic E-state index is 0.276. The Labute approximate surface area is 138 Å². The number of nitro benzene ring substituents is 1. The Morgan fingerprint density at radius 2 is 1.71 bits per heavy atom. The van der Waals surface area contributed by atoms with Crippen molar-refractivity contribution < 1.29 is 18.1 Å². The van der Waals surface area contributed by atoms with Crippen molar-refractivity contribution in [3.05, 3.63) is 69.3 Å².